The van der Waals surface area contributed by atoms with Gasteiger partial charge in [-0.2, -0.15) is 5.10 Å². The van der Waals surface area contributed by atoms with Crippen molar-refractivity contribution in [2.45, 2.75) is 31.7 Å². The van der Waals surface area contributed by atoms with E-state index in [4.69, 9.17) is 0 Å². The molecule has 2 aliphatic rings. The van der Waals surface area contributed by atoms with Crippen LogP contribution in [0.5, 0.6) is 0 Å². The summed E-state index contributed by atoms with van der Waals surface area (Å²) in [6.45, 7) is 0.259. The highest BCUT2D eigenvalue weighted by atomic mass is 79.9. The second-order valence-corrected chi connectivity index (χ2v) is 6.73. The van der Waals surface area contributed by atoms with Gasteiger partial charge in [-0.1, -0.05) is 0 Å². The van der Waals surface area contributed by atoms with Crippen molar-refractivity contribution < 1.29 is 13.2 Å². The summed E-state index contributed by atoms with van der Waals surface area (Å²) < 4.78 is 42.6. The van der Waals surface area contributed by atoms with Crippen molar-refractivity contribution in [2.24, 2.45) is 5.41 Å². The monoisotopic (exact) mass is 356 g/mol. The summed E-state index contributed by atoms with van der Waals surface area (Å²) in [6, 6.07) is 6.04. The molecular weight excluding hydrogens is 345 g/mol. The number of benzene rings is 1. The van der Waals surface area contributed by atoms with Crippen LogP contribution in [0.25, 0.3) is 11.3 Å². The Bertz CT molecular complexity index is 723. The first-order chi connectivity index (χ1) is 9.92. The summed E-state index contributed by atoms with van der Waals surface area (Å²) in [6.07, 6.45) is 1.04. The molecule has 1 saturated carbocycles. The Hall–Kier alpha value is -1.30. The average molecular weight is 357 g/mol. The number of halogens is 4. The molecule has 0 radical (unpaired) electrons. The van der Waals surface area contributed by atoms with Crippen LogP contribution in [0.2, 0.25) is 0 Å². The Morgan fingerprint density at radius 2 is 1.86 bits per heavy atom. The number of fused-ring (bicyclic) bond motifs is 1. The molecule has 0 bridgehead atoms. The fourth-order valence-electron chi connectivity index (χ4n) is 3.18. The van der Waals surface area contributed by atoms with E-state index in [-0.39, 0.29) is 18.8 Å². The summed E-state index contributed by atoms with van der Waals surface area (Å²) in [7, 11) is 0. The Kier molecular flexibility index (Phi) is 2.62. The largest absolute Gasteiger partial charge is 0.267 e. The average Bonchev–Trinajstić information content (AvgIpc) is 2.80. The van der Waals surface area contributed by atoms with Crippen LogP contribution >= 0.6 is 15.9 Å². The molecule has 1 aliphatic carbocycles. The molecular formula is C15H12BrF3N2. The maximum atomic E-state index is 13.5. The maximum Gasteiger partial charge on any atom is 0.256 e. The molecule has 6 heteroatoms. The van der Waals surface area contributed by atoms with Crippen molar-refractivity contribution in [1.29, 1.82) is 0 Å². The highest BCUT2D eigenvalue weighted by molar-refractivity contribution is 9.10. The lowest BCUT2D eigenvalue weighted by Crippen LogP contribution is -2.26. The number of alkyl halides is 2. The fourth-order valence-corrected chi connectivity index (χ4v) is 3.89. The van der Waals surface area contributed by atoms with E-state index in [1.165, 1.54) is 12.1 Å². The van der Waals surface area contributed by atoms with Crippen LogP contribution in [-0.2, 0) is 13.0 Å². The summed E-state index contributed by atoms with van der Waals surface area (Å²) >= 11 is 3.51. The van der Waals surface area contributed by atoms with E-state index in [0.29, 0.717) is 18.5 Å². The minimum atomic E-state index is -2.56. The van der Waals surface area contributed by atoms with Crippen molar-refractivity contribution in [2.75, 3.05) is 0 Å². The van der Waals surface area contributed by atoms with Crippen molar-refractivity contribution in [3.05, 3.63) is 40.2 Å². The quantitative estimate of drug-likeness (QED) is 0.739. The van der Waals surface area contributed by atoms with Gasteiger partial charge in [-0.3, -0.25) is 4.68 Å². The van der Waals surface area contributed by atoms with Crippen LogP contribution in [0.1, 0.15) is 18.5 Å². The molecule has 2 heterocycles. The molecule has 1 atom stereocenters. The topological polar surface area (TPSA) is 17.8 Å². The van der Waals surface area contributed by atoms with Gasteiger partial charge in [-0.15, -0.1) is 0 Å². The second kappa shape index (κ2) is 4.12. The lowest BCUT2D eigenvalue weighted by molar-refractivity contribution is 0.0461. The molecule has 1 aromatic heterocycles. The van der Waals surface area contributed by atoms with Crippen LogP contribution in [0.3, 0.4) is 0 Å². The normalized spacial score (nSPS) is 25.9. The lowest BCUT2D eigenvalue weighted by atomic mass is 9.94. The zero-order valence-electron chi connectivity index (χ0n) is 11.0. The van der Waals surface area contributed by atoms with Gasteiger partial charge in [-0.05, 0) is 53.0 Å². The zero-order chi connectivity index (χ0) is 14.8. The van der Waals surface area contributed by atoms with E-state index < -0.39 is 11.3 Å². The molecule has 1 spiro atoms. The minimum absolute atomic E-state index is 0.0389. The first-order valence-electron chi connectivity index (χ1n) is 6.81. The Balaban J connectivity index is 1.74. The van der Waals surface area contributed by atoms with Crippen molar-refractivity contribution in [3.63, 3.8) is 0 Å². The standard InChI is InChI=1S/C15H12BrF3N2/c16-12-11-5-6-14(7-15(14,18)19)8-21(11)20-13(12)9-1-3-10(17)4-2-9/h1-4H,5-8H2. The van der Waals surface area contributed by atoms with Gasteiger partial charge < -0.3 is 0 Å². The molecule has 1 unspecified atom stereocenters. The number of rotatable bonds is 1. The molecule has 1 aliphatic heterocycles. The third-order valence-electron chi connectivity index (χ3n) is 4.62. The summed E-state index contributed by atoms with van der Waals surface area (Å²) in [4.78, 5) is 0. The van der Waals surface area contributed by atoms with E-state index in [1.807, 2.05) is 0 Å². The van der Waals surface area contributed by atoms with Crippen LogP contribution in [0.15, 0.2) is 28.7 Å². The smallest absolute Gasteiger partial charge is 0.256 e. The molecule has 2 nitrogen and oxygen atoms in total. The fraction of sp³-hybridized carbons (Fsp3) is 0.400. The first kappa shape index (κ1) is 13.4. The molecule has 21 heavy (non-hydrogen) atoms. The third kappa shape index (κ3) is 1.88. The van der Waals surface area contributed by atoms with Gasteiger partial charge in [0.15, 0.2) is 0 Å². The van der Waals surface area contributed by atoms with Gasteiger partial charge in [0.1, 0.15) is 11.5 Å². The molecule has 4 rings (SSSR count). The third-order valence-corrected chi connectivity index (χ3v) is 5.45. The Morgan fingerprint density at radius 3 is 2.48 bits per heavy atom. The maximum absolute atomic E-state index is 13.5. The number of nitrogens with zero attached hydrogens (tertiary/aromatic N) is 2. The number of hydrogen-bond acceptors (Lipinski definition) is 1. The minimum Gasteiger partial charge on any atom is -0.267 e. The predicted molar refractivity (Wildman–Crippen MR) is 75.6 cm³/mol. The van der Waals surface area contributed by atoms with Crippen LogP contribution in [0.4, 0.5) is 13.2 Å². The van der Waals surface area contributed by atoms with Crippen LogP contribution in [-0.4, -0.2) is 15.7 Å². The van der Waals surface area contributed by atoms with E-state index in [1.54, 1.807) is 16.8 Å². The number of aromatic nitrogens is 2. The molecule has 110 valence electrons. The Morgan fingerprint density at radius 1 is 1.19 bits per heavy atom. The highest BCUT2D eigenvalue weighted by Gasteiger charge is 2.71. The molecule has 0 amide bonds. The van der Waals surface area contributed by atoms with E-state index >= 15 is 0 Å². The highest BCUT2D eigenvalue weighted by Crippen LogP contribution is 2.65. The van der Waals surface area contributed by atoms with Gasteiger partial charge in [0.25, 0.3) is 5.92 Å². The van der Waals surface area contributed by atoms with Gasteiger partial charge in [0.05, 0.1) is 22.1 Å². The summed E-state index contributed by atoms with van der Waals surface area (Å²) in [5.74, 6) is -2.87. The molecule has 2 aromatic rings. The number of hydrogen-bond donors (Lipinski definition) is 0. The summed E-state index contributed by atoms with van der Waals surface area (Å²) in [5.41, 5.74) is 1.52. The Labute approximate surface area is 128 Å². The SMILES string of the molecule is Fc1ccc(-c2nn3c(c2Br)CCC2(C3)CC2(F)F)cc1. The summed E-state index contributed by atoms with van der Waals surface area (Å²) in [5, 5.41) is 4.47. The van der Waals surface area contributed by atoms with Gasteiger partial charge in [0, 0.05) is 12.0 Å². The molecule has 0 N–H and O–H groups in total. The zero-order valence-corrected chi connectivity index (χ0v) is 12.6. The van der Waals surface area contributed by atoms with Gasteiger partial charge >= 0.3 is 0 Å². The van der Waals surface area contributed by atoms with Gasteiger partial charge in [-0.25, -0.2) is 13.2 Å². The van der Waals surface area contributed by atoms with Crippen LogP contribution < -0.4 is 0 Å². The molecule has 0 saturated heterocycles. The van der Waals surface area contributed by atoms with Crippen molar-refractivity contribution in [1.82, 2.24) is 9.78 Å². The molecule has 1 aromatic carbocycles. The predicted octanol–water partition coefficient (Wildman–Crippen LogP) is 4.42. The van der Waals surface area contributed by atoms with E-state index in [9.17, 15) is 13.2 Å². The van der Waals surface area contributed by atoms with Crippen LogP contribution in [0, 0.1) is 11.2 Å². The van der Waals surface area contributed by atoms with Crippen molar-refractivity contribution in [3.8, 4) is 11.3 Å². The van der Waals surface area contributed by atoms with E-state index in [0.717, 1.165) is 15.7 Å². The van der Waals surface area contributed by atoms with E-state index in [2.05, 4.69) is 21.0 Å². The molecule has 1 fully saturated rings. The lowest BCUT2D eigenvalue weighted by Gasteiger charge is -2.23. The second-order valence-electron chi connectivity index (χ2n) is 5.94. The first-order valence-corrected chi connectivity index (χ1v) is 7.60. The van der Waals surface area contributed by atoms with Crippen molar-refractivity contribution >= 4 is 15.9 Å². The van der Waals surface area contributed by atoms with Gasteiger partial charge in [0.2, 0.25) is 0 Å².